The van der Waals surface area contributed by atoms with E-state index in [0.717, 1.165) is 32.4 Å². The molecule has 0 aliphatic carbocycles. The van der Waals surface area contributed by atoms with Gasteiger partial charge in [-0.2, -0.15) is 0 Å². The molecular weight excluding hydrogens is 428 g/mol. The lowest BCUT2D eigenvalue weighted by molar-refractivity contribution is -0.227. The van der Waals surface area contributed by atoms with Crippen LogP contribution < -0.4 is 5.73 Å². The van der Waals surface area contributed by atoms with Crippen LogP contribution in [0.5, 0.6) is 0 Å². The number of nitrogens with two attached hydrogens (primary N) is 1. The van der Waals surface area contributed by atoms with Crippen LogP contribution in [0, 0.1) is 5.92 Å². The zero-order valence-corrected chi connectivity index (χ0v) is 21.7. The molecule has 35 heavy (non-hydrogen) atoms. The first kappa shape index (κ1) is 24.2. The quantitative estimate of drug-likeness (QED) is 0.443. The van der Waals surface area contributed by atoms with Crippen LogP contribution in [0.25, 0.3) is 0 Å². The highest BCUT2D eigenvalue weighted by Gasteiger charge is 2.65. The number of hydrogen-bond donors (Lipinski definition) is 1. The van der Waals surface area contributed by atoms with Crippen LogP contribution in [-0.2, 0) is 16.6 Å². The van der Waals surface area contributed by atoms with Gasteiger partial charge in [-0.1, -0.05) is 106 Å². The van der Waals surface area contributed by atoms with Gasteiger partial charge in [-0.05, 0) is 60.0 Å². The van der Waals surface area contributed by atoms with E-state index in [1.54, 1.807) is 0 Å². The molecule has 3 nitrogen and oxygen atoms in total. The highest BCUT2D eigenvalue weighted by atomic mass is 16.5. The summed E-state index contributed by atoms with van der Waals surface area (Å²) in [6.07, 6.45) is 3.01. The Balaban J connectivity index is 1.76. The maximum atomic E-state index is 7.51. The molecule has 3 fully saturated rings. The van der Waals surface area contributed by atoms with Gasteiger partial charge in [-0.3, -0.25) is 4.90 Å². The van der Waals surface area contributed by atoms with Gasteiger partial charge in [0, 0.05) is 18.9 Å². The fourth-order valence-corrected chi connectivity index (χ4v) is 6.91. The molecule has 2 N–H and O–H groups in total. The molecule has 2 bridgehead atoms. The Morgan fingerprint density at radius 3 is 1.97 bits per heavy atom. The zero-order valence-electron chi connectivity index (χ0n) is 21.7. The largest absolute Gasteiger partial charge is 0.362 e. The second-order valence-corrected chi connectivity index (χ2v) is 11.6. The van der Waals surface area contributed by atoms with E-state index in [9.17, 15) is 0 Å². The molecule has 0 saturated carbocycles. The predicted molar refractivity (Wildman–Crippen MR) is 145 cm³/mol. The lowest BCUT2D eigenvalue weighted by Crippen LogP contribution is -2.81. The molecule has 0 radical (unpaired) electrons. The second-order valence-electron chi connectivity index (χ2n) is 11.6. The number of nitrogens with zero attached hydrogens (tertiary/aromatic N) is 1. The maximum Gasteiger partial charge on any atom is 0.139 e. The monoisotopic (exact) mass is 468 g/mol. The summed E-state index contributed by atoms with van der Waals surface area (Å²) in [4.78, 5) is 2.67. The molecule has 0 spiro atoms. The van der Waals surface area contributed by atoms with Gasteiger partial charge >= 0.3 is 0 Å². The zero-order chi connectivity index (χ0) is 24.7. The van der Waals surface area contributed by atoms with Gasteiger partial charge in [0.05, 0.1) is 5.54 Å². The molecule has 3 aliphatic heterocycles. The summed E-state index contributed by atoms with van der Waals surface area (Å²) in [7, 11) is 1.83. The van der Waals surface area contributed by atoms with Crippen molar-refractivity contribution in [2.75, 3.05) is 20.2 Å². The Kier molecular flexibility index (Phi) is 6.37. The van der Waals surface area contributed by atoms with Gasteiger partial charge < -0.3 is 10.5 Å². The summed E-state index contributed by atoms with van der Waals surface area (Å²) in [5.41, 5.74) is 11.7. The minimum absolute atomic E-state index is 0.0799. The van der Waals surface area contributed by atoms with Gasteiger partial charge in [-0.15, -0.1) is 0 Å². The molecule has 3 aromatic rings. The number of hydrogen-bond acceptors (Lipinski definition) is 3. The summed E-state index contributed by atoms with van der Waals surface area (Å²) >= 11 is 0. The first-order valence-corrected chi connectivity index (χ1v) is 13.1. The van der Waals surface area contributed by atoms with Crippen molar-refractivity contribution in [2.24, 2.45) is 11.7 Å². The van der Waals surface area contributed by atoms with E-state index in [0.29, 0.717) is 5.92 Å². The van der Waals surface area contributed by atoms with E-state index in [1.165, 1.54) is 22.3 Å². The van der Waals surface area contributed by atoms with Crippen LogP contribution in [0.15, 0.2) is 84.9 Å². The maximum absolute atomic E-state index is 7.51. The minimum atomic E-state index is -0.766. The van der Waals surface area contributed by atoms with Crippen LogP contribution in [0.2, 0.25) is 0 Å². The highest BCUT2D eigenvalue weighted by molar-refractivity contribution is 5.43. The van der Waals surface area contributed by atoms with Crippen molar-refractivity contribution in [2.45, 2.75) is 62.6 Å². The van der Waals surface area contributed by atoms with Crippen molar-refractivity contribution in [1.29, 1.82) is 0 Å². The van der Waals surface area contributed by atoms with Gasteiger partial charge in [0.2, 0.25) is 0 Å². The number of benzene rings is 3. The van der Waals surface area contributed by atoms with Crippen molar-refractivity contribution in [1.82, 2.24) is 4.90 Å². The third kappa shape index (κ3) is 4.04. The molecule has 2 unspecified atom stereocenters. The Bertz CT molecular complexity index is 1090. The summed E-state index contributed by atoms with van der Waals surface area (Å²) in [5, 5.41) is 0. The predicted octanol–water partition coefficient (Wildman–Crippen LogP) is 6.12. The average molecular weight is 469 g/mol. The fourth-order valence-electron chi connectivity index (χ4n) is 6.91. The number of fused-ring (bicyclic) bond motifs is 3. The normalized spacial score (nSPS) is 28.4. The molecule has 3 aromatic carbocycles. The lowest BCUT2D eigenvalue weighted by atomic mass is 9.57. The number of methoxy groups -OCH3 is 1. The van der Waals surface area contributed by atoms with E-state index in [-0.39, 0.29) is 11.3 Å². The van der Waals surface area contributed by atoms with Gasteiger partial charge in [0.1, 0.15) is 5.72 Å². The molecule has 3 heteroatoms. The van der Waals surface area contributed by atoms with E-state index in [1.807, 2.05) is 7.11 Å². The first-order valence-electron chi connectivity index (χ1n) is 13.1. The van der Waals surface area contributed by atoms with Crippen LogP contribution in [0.1, 0.15) is 61.8 Å². The SMILES string of the molecule is COC1(N)C2CCN(CC2)C1(Cc1cccc(C(C)(C)C)c1)C(c1ccccc1)c1ccccc1. The van der Waals surface area contributed by atoms with E-state index in [4.69, 9.17) is 10.5 Å². The molecule has 0 amide bonds. The van der Waals surface area contributed by atoms with Gasteiger partial charge in [0.25, 0.3) is 0 Å². The standard InChI is InChI=1S/C32H40N2O/c1-30(2,3)28-17-11-12-24(22-28)23-31(32(33,35-4)27-18-20-34(31)21-19-27)29(25-13-7-5-8-14-25)26-15-9-6-10-16-26/h5-17,22,27,29H,18-21,23,33H2,1-4H3. The van der Waals surface area contributed by atoms with E-state index < -0.39 is 11.3 Å². The number of ether oxygens (including phenoxy) is 1. The molecule has 3 heterocycles. The Morgan fingerprint density at radius 2 is 1.46 bits per heavy atom. The molecule has 3 aliphatic rings. The Morgan fingerprint density at radius 1 is 0.886 bits per heavy atom. The lowest BCUT2D eigenvalue weighted by Gasteiger charge is -2.66. The Labute approximate surface area is 211 Å². The van der Waals surface area contributed by atoms with Crippen molar-refractivity contribution in [3.63, 3.8) is 0 Å². The third-order valence-electron chi connectivity index (χ3n) is 8.69. The topological polar surface area (TPSA) is 38.5 Å². The summed E-state index contributed by atoms with van der Waals surface area (Å²) in [6, 6.07) is 31.0. The molecule has 3 saturated heterocycles. The van der Waals surface area contributed by atoms with Gasteiger partial charge in [0.15, 0.2) is 0 Å². The number of rotatable bonds is 6. The van der Waals surface area contributed by atoms with Crippen molar-refractivity contribution < 1.29 is 4.74 Å². The third-order valence-corrected chi connectivity index (χ3v) is 8.69. The van der Waals surface area contributed by atoms with Crippen LogP contribution >= 0.6 is 0 Å². The summed E-state index contributed by atoms with van der Waals surface area (Å²) in [6.45, 7) is 8.97. The summed E-state index contributed by atoms with van der Waals surface area (Å²) < 4.78 is 6.46. The van der Waals surface area contributed by atoms with Crippen molar-refractivity contribution in [3.05, 3.63) is 107 Å². The Hall–Kier alpha value is -2.46. The second kappa shape index (κ2) is 9.20. The van der Waals surface area contributed by atoms with Gasteiger partial charge in [-0.25, -0.2) is 0 Å². The average Bonchev–Trinajstić information content (AvgIpc) is 2.88. The minimum Gasteiger partial charge on any atom is -0.362 e. The molecule has 0 aromatic heterocycles. The molecular formula is C32H40N2O. The highest BCUT2D eigenvalue weighted by Crippen LogP contribution is 2.55. The van der Waals surface area contributed by atoms with Crippen LogP contribution in [0.4, 0.5) is 0 Å². The van der Waals surface area contributed by atoms with E-state index in [2.05, 4.69) is 111 Å². The fraction of sp³-hybridized carbons (Fsp3) is 0.438. The van der Waals surface area contributed by atoms with Crippen molar-refractivity contribution in [3.8, 4) is 0 Å². The van der Waals surface area contributed by atoms with E-state index >= 15 is 0 Å². The molecule has 2 atom stereocenters. The van der Waals surface area contributed by atoms with Crippen molar-refractivity contribution >= 4 is 0 Å². The summed E-state index contributed by atoms with van der Waals surface area (Å²) in [5.74, 6) is 0.412. The van der Waals surface area contributed by atoms with Crippen LogP contribution in [-0.4, -0.2) is 36.4 Å². The molecule has 184 valence electrons. The number of piperidine rings is 3. The van der Waals surface area contributed by atoms with Crippen LogP contribution in [0.3, 0.4) is 0 Å². The first-order chi connectivity index (χ1) is 16.8. The molecule has 6 rings (SSSR count). The smallest absolute Gasteiger partial charge is 0.139 e.